The first-order chi connectivity index (χ1) is 14.7. The van der Waals surface area contributed by atoms with Crippen LogP contribution >= 0.6 is 0 Å². The SMILES string of the molecule is CCS(=O)(=O)Nc1ccc(F)c(C(=O)c2c[nH]c3ncc(/C(C=N)=C/NC)cc23)c1F. The Morgan fingerprint density at radius 1 is 1.32 bits per heavy atom. The summed E-state index contributed by atoms with van der Waals surface area (Å²) in [5.74, 6) is -3.74. The van der Waals surface area contributed by atoms with Gasteiger partial charge in [0.15, 0.2) is 5.82 Å². The molecule has 0 atom stereocenters. The highest BCUT2D eigenvalue weighted by Gasteiger charge is 2.25. The molecule has 0 aliphatic rings. The Kier molecular flexibility index (Phi) is 6.16. The Morgan fingerprint density at radius 2 is 2.06 bits per heavy atom. The molecule has 0 unspecified atom stereocenters. The molecule has 0 bridgehead atoms. The molecule has 31 heavy (non-hydrogen) atoms. The highest BCUT2D eigenvalue weighted by atomic mass is 32.2. The molecule has 8 nitrogen and oxygen atoms in total. The van der Waals surface area contributed by atoms with Crippen LogP contribution in [0.25, 0.3) is 16.6 Å². The number of nitrogens with one attached hydrogen (secondary N) is 4. The van der Waals surface area contributed by atoms with E-state index in [-0.39, 0.29) is 11.3 Å². The van der Waals surface area contributed by atoms with E-state index in [0.29, 0.717) is 22.2 Å². The minimum Gasteiger partial charge on any atom is -0.393 e. The number of carbonyl (C=O) groups excluding carboxylic acids is 1. The first-order valence-corrected chi connectivity index (χ1v) is 10.8. The van der Waals surface area contributed by atoms with Crippen LogP contribution in [0.5, 0.6) is 0 Å². The Balaban J connectivity index is 2.13. The van der Waals surface area contributed by atoms with E-state index in [1.54, 1.807) is 19.3 Å². The van der Waals surface area contributed by atoms with E-state index in [9.17, 15) is 22.0 Å². The number of hydrogen-bond acceptors (Lipinski definition) is 6. The summed E-state index contributed by atoms with van der Waals surface area (Å²) in [7, 11) is -2.18. The summed E-state index contributed by atoms with van der Waals surface area (Å²) in [5.41, 5.74) is -0.161. The van der Waals surface area contributed by atoms with Crippen molar-refractivity contribution in [3.63, 3.8) is 0 Å². The van der Waals surface area contributed by atoms with Crippen LogP contribution < -0.4 is 10.0 Å². The summed E-state index contributed by atoms with van der Waals surface area (Å²) < 4.78 is 54.9. The zero-order valence-corrected chi connectivity index (χ0v) is 17.4. The Labute approximate surface area is 177 Å². The molecular weight excluding hydrogens is 428 g/mol. The number of aromatic nitrogens is 2. The fourth-order valence-corrected chi connectivity index (χ4v) is 3.56. The van der Waals surface area contributed by atoms with Gasteiger partial charge in [0.1, 0.15) is 11.5 Å². The van der Waals surface area contributed by atoms with Gasteiger partial charge in [0.25, 0.3) is 0 Å². The number of pyridine rings is 1. The lowest BCUT2D eigenvalue weighted by Gasteiger charge is -2.11. The lowest BCUT2D eigenvalue weighted by atomic mass is 10.00. The van der Waals surface area contributed by atoms with Crippen molar-refractivity contribution in [2.45, 2.75) is 6.92 Å². The van der Waals surface area contributed by atoms with Crippen LogP contribution in [0.1, 0.15) is 28.4 Å². The highest BCUT2D eigenvalue weighted by molar-refractivity contribution is 7.92. The van der Waals surface area contributed by atoms with Gasteiger partial charge in [-0.05, 0) is 25.1 Å². The van der Waals surface area contributed by atoms with Crippen molar-refractivity contribution in [2.75, 3.05) is 17.5 Å². The van der Waals surface area contributed by atoms with E-state index in [1.165, 1.54) is 19.3 Å². The second kappa shape index (κ2) is 8.64. The van der Waals surface area contributed by atoms with E-state index in [2.05, 4.69) is 15.3 Å². The van der Waals surface area contributed by atoms with Gasteiger partial charge < -0.3 is 15.7 Å². The number of aromatic amines is 1. The van der Waals surface area contributed by atoms with Gasteiger partial charge in [0, 0.05) is 53.9 Å². The van der Waals surface area contributed by atoms with Gasteiger partial charge in [-0.1, -0.05) is 0 Å². The molecule has 0 fully saturated rings. The topological polar surface area (TPSA) is 128 Å². The molecule has 0 amide bonds. The highest BCUT2D eigenvalue weighted by Crippen LogP contribution is 2.28. The maximum absolute atomic E-state index is 14.9. The number of H-pyrrole nitrogens is 1. The lowest BCUT2D eigenvalue weighted by Crippen LogP contribution is -2.17. The molecule has 0 radical (unpaired) electrons. The molecular formula is C20H19F2N5O3S. The van der Waals surface area contributed by atoms with Crippen LogP contribution in [0, 0.1) is 17.0 Å². The normalized spacial score (nSPS) is 12.1. The van der Waals surface area contributed by atoms with Crippen molar-refractivity contribution in [3.8, 4) is 0 Å². The molecule has 0 aliphatic carbocycles. The zero-order chi connectivity index (χ0) is 22.8. The summed E-state index contributed by atoms with van der Waals surface area (Å²) in [6.45, 7) is 1.36. The average Bonchev–Trinajstić information content (AvgIpc) is 3.17. The van der Waals surface area contributed by atoms with Crippen LogP contribution in [0.4, 0.5) is 14.5 Å². The smallest absolute Gasteiger partial charge is 0.232 e. The van der Waals surface area contributed by atoms with E-state index >= 15 is 0 Å². The predicted octanol–water partition coefficient (Wildman–Crippen LogP) is 3.04. The van der Waals surface area contributed by atoms with Crippen LogP contribution in [0.15, 0.2) is 36.8 Å². The fourth-order valence-electron chi connectivity index (χ4n) is 2.93. The van der Waals surface area contributed by atoms with Crippen molar-refractivity contribution in [1.29, 1.82) is 5.41 Å². The van der Waals surface area contributed by atoms with Gasteiger partial charge in [-0.2, -0.15) is 0 Å². The monoisotopic (exact) mass is 447 g/mol. The van der Waals surface area contributed by atoms with Gasteiger partial charge in [0.2, 0.25) is 15.8 Å². The molecule has 0 spiro atoms. The third-order valence-corrected chi connectivity index (χ3v) is 5.82. The van der Waals surface area contributed by atoms with E-state index in [1.807, 2.05) is 4.72 Å². The van der Waals surface area contributed by atoms with Gasteiger partial charge in [-0.25, -0.2) is 22.2 Å². The van der Waals surface area contributed by atoms with Crippen molar-refractivity contribution in [3.05, 3.63) is 65.1 Å². The standard InChI is InChI=1S/C20H19F2N5O3S/c1-3-31(29,30)27-16-5-4-15(21)17(18(16)22)19(28)14-10-26-20-13(14)6-11(9-25-20)12(7-23)8-24-2/h4-10,23-24,27H,3H2,1-2H3,(H,25,26)/b12-8+,23-7?. The van der Waals surface area contributed by atoms with Crippen LogP contribution in [-0.2, 0) is 10.0 Å². The molecule has 4 N–H and O–H groups in total. The fraction of sp³-hybridized carbons (Fsp3) is 0.150. The number of fused-ring (bicyclic) bond motifs is 1. The number of rotatable bonds is 8. The minimum atomic E-state index is -3.84. The first kappa shape index (κ1) is 22.1. The summed E-state index contributed by atoms with van der Waals surface area (Å²) >= 11 is 0. The van der Waals surface area contributed by atoms with Gasteiger partial charge >= 0.3 is 0 Å². The lowest BCUT2D eigenvalue weighted by molar-refractivity contribution is 0.103. The van der Waals surface area contributed by atoms with Gasteiger partial charge in [0.05, 0.1) is 17.0 Å². The number of anilines is 1. The third kappa shape index (κ3) is 4.31. The van der Waals surface area contributed by atoms with Gasteiger partial charge in [-0.3, -0.25) is 9.52 Å². The molecule has 2 aromatic heterocycles. The zero-order valence-electron chi connectivity index (χ0n) is 16.6. The number of allylic oxidation sites excluding steroid dienone is 1. The summed E-state index contributed by atoms with van der Waals surface area (Å²) in [6.07, 6.45) is 5.42. The van der Waals surface area contributed by atoms with Crippen molar-refractivity contribution in [1.82, 2.24) is 15.3 Å². The van der Waals surface area contributed by atoms with Crippen LogP contribution in [0.2, 0.25) is 0 Å². The molecule has 2 heterocycles. The van der Waals surface area contributed by atoms with Crippen LogP contribution in [0.3, 0.4) is 0 Å². The molecule has 162 valence electrons. The van der Waals surface area contributed by atoms with Crippen molar-refractivity contribution >= 4 is 44.3 Å². The van der Waals surface area contributed by atoms with E-state index in [0.717, 1.165) is 18.3 Å². The predicted molar refractivity (Wildman–Crippen MR) is 115 cm³/mol. The van der Waals surface area contributed by atoms with E-state index in [4.69, 9.17) is 5.41 Å². The molecule has 3 aromatic rings. The number of benzene rings is 1. The minimum absolute atomic E-state index is 0.0496. The molecule has 0 aliphatic heterocycles. The first-order valence-electron chi connectivity index (χ1n) is 9.11. The van der Waals surface area contributed by atoms with Crippen LogP contribution in [-0.4, -0.2) is 43.2 Å². The molecule has 3 rings (SSSR count). The maximum Gasteiger partial charge on any atom is 0.232 e. The quantitative estimate of drug-likeness (QED) is 0.312. The number of nitrogens with zero attached hydrogens (tertiary/aromatic N) is 1. The maximum atomic E-state index is 14.9. The number of ketones is 1. The van der Waals surface area contributed by atoms with E-state index < -0.39 is 38.7 Å². The number of sulfonamides is 1. The summed E-state index contributed by atoms with van der Waals surface area (Å²) in [6, 6.07) is 3.31. The number of hydrogen-bond donors (Lipinski definition) is 4. The van der Waals surface area contributed by atoms with Crippen molar-refractivity contribution < 1.29 is 22.0 Å². The average molecular weight is 447 g/mol. The number of carbonyl (C=O) groups is 1. The second-order valence-electron chi connectivity index (χ2n) is 6.47. The Bertz CT molecular complexity index is 1320. The molecule has 0 saturated heterocycles. The Hall–Kier alpha value is -3.60. The largest absolute Gasteiger partial charge is 0.393 e. The van der Waals surface area contributed by atoms with Crippen molar-refractivity contribution in [2.24, 2.45) is 0 Å². The third-order valence-electron chi connectivity index (χ3n) is 4.53. The van der Waals surface area contributed by atoms with Gasteiger partial charge in [-0.15, -0.1) is 0 Å². The second-order valence-corrected chi connectivity index (χ2v) is 8.48. The molecule has 1 aromatic carbocycles. The Morgan fingerprint density at radius 3 is 2.71 bits per heavy atom. The summed E-state index contributed by atoms with van der Waals surface area (Å²) in [5, 5.41) is 10.6. The summed E-state index contributed by atoms with van der Waals surface area (Å²) in [4.78, 5) is 20.0. The molecule has 11 heteroatoms. The number of halogens is 2. The molecule has 0 saturated carbocycles.